The number of thiazole rings is 1. The molecule has 6 nitrogen and oxygen atoms in total. The van der Waals surface area contributed by atoms with Crippen LogP contribution in [-0.4, -0.2) is 15.0 Å². The zero-order valence-corrected chi connectivity index (χ0v) is 17.0. The summed E-state index contributed by atoms with van der Waals surface area (Å²) < 4.78 is 6.77. The first kappa shape index (κ1) is 18.4. The van der Waals surface area contributed by atoms with Crippen molar-refractivity contribution in [2.45, 2.75) is 6.42 Å². The molecular weight excluding hydrogens is 440 g/mol. The Morgan fingerprint density at radius 3 is 2.86 bits per heavy atom. The Balaban J connectivity index is 1.54. The van der Waals surface area contributed by atoms with Crippen LogP contribution < -0.4 is 15.6 Å². The van der Waals surface area contributed by atoms with E-state index in [0.717, 1.165) is 10.2 Å². The Labute approximate surface area is 173 Å². The quantitative estimate of drug-likeness (QED) is 0.422. The highest BCUT2D eigenvalue weighted by Crippen LogP contribution is 2.33. The number of ether oxygens (including phenoxy) is 1. The van der Waals surface area contributed by atoms with Crippen molar-refractivity contribution in [1.29, 1.82) is 0 Å². The zero-order valence-electron chi connectivity index (χ0n) is 14.6. The second kappa shape index (κ2) is 8.37. The minimum atomic E-state index is -0.0990. The molecule has 0 atom stereocenters. The summed E-state index contributed by atoms with van der Waals surface area (Å²) in [5, 5.41) is 5.80. The Morgan fingerprint density at radius 2 is 2.04 bits per heavy atom. The fraction of sp³-hybridized carbons (Fsp3) is 0.0500. The van der Waals surface area contributed by atoms with Gasteiger partial charge in [0.1, 0.15) is 5.75 Å². The molecule has 0 fully saturated rings. The molecule has 1 aromatic carbocycles. The molecule has 0 aliphatic rings. The van der Waals surface area contributed by atoms with E-state index in [1.54, 1.807) is 24.5 Å². The van der Waals surface area contributed by atoms with Gasteiger partial charge in [0.25, 0.3) is 5.56 Å². The van der Waals surface area contributed by atoms with Gasteiger partial charge in [-0.15, -0.1) is 11.3 Å². The van der Waals surface area contributed by atoms with Crippen molar-refractivity contribution in [1.82, 2.24) is 15.0 Å². The third-order valence-corrected chi connectivity index (χ3v) is 5.08. The average Bonchev–Trinajstić information content (AvgIpc) is 3.14. The van der Waals surface area contributed by atoms with Crippen LogP contribution in [0.25, 0.3) is 0 Å². The highest BCUT2D eigenvalue weighted by Gasteiger charge is 2.11. The van der Waals surface area contributed by atoms with Crippen LogP contribution in [0, 0.1) is 0 Å². The number of anilines is 2. The Kier molecular flexibility index (Phi) is 5.50. The predicted molar refractivity (Wildman–Crippen MR) is 114 cm³/mol. The monoisotopic (exact) mass is 454 g/mol. The number of nitrogens with one attached hydrogen (secondary N) is 2. The van der Waals surface area contributed by atoms with Gasteiger partial charge in [-0.3, -0.25) is 4.79 Å². The van der Waals surface area contributed by atoms with Crippen molar-refractivity contribution in [2.75, 3.05) is 5.32 Å². The molecule has 0 amide bonds. The van der Waals surface area contributed by atoms with Gasteiger partial charge in [0.15, 0.2) is 16.7 Å². The number of halogens is 1. The maximum Gasteiger partial charge on any atom is 0.251 e. The molecule has 0 radical (unpaired) electrons. The van der Waals surface area contributed by atoms with Gasteiger partial charge in [-0.25, -0.2) is 9.97 Å². The molecule has 0 saturated carbocycles. The van der Waals surface area contributed by atoms with Gasteiger partial charge in [-0.1, -0.05) is 24.3 Å². The summed E-state index contributed by atoms with van der Waals surface area (Å²) in [6.07, 6.45) is 3.78. The third kappa shape index (κ3) is 4.47. The van der Waals surface area contributed by atoms with Gasteiger partial charge in [-0.2, -0.15) is 0 Å². The minimum absolute atomic E-state index is 0.0990. The molecule has 3 heterocycles. The lowest BCUT2D eigenvalue weighted by Crippen LogP contribution is -2.11. The number of aromatic amines is 1. The van der Waals surface area contributed by atoms with Crippen molar-refractivity contribution in [3.8, 4) is 11.5 Å². The maximum absolute atomic E-state index is 11.8. The molecule has 0 spiro atoms. The average molecular weight is 455 g/mol. The molecule has 28 heavy (non-hydrogen) atoms. The van der Waals surface area contributed by atoms with E-state index in [2.05, 4.69) is 36.2 Å². The number of hydrogen-bond donors (Lipinski definition) is 2. The number of H-pyrrole nitrogens is 1. The highest BCUT2D eigenvalue weighted by atomic mass is 79.9. The van der Waals surface area contributed by atoms with Gasteiger partial charge >= 0.3 is 0 Å². The molecule has 140 valence electrons. The number of rotatable bonds is 6. The van der Waals surface area contributed by atoms with Crippen LogP contribution >= 0.6 is 27.3 Å². The molecule has 2 N–H and O–H groups in total. The van der Waals surface area contributed by atoms with E-state index in [-0.39, 0.29) is 5.56 Å². The summed E-state index contributed by atoms with van der Waals surface area (Å²) >= 11 is 4.87. The fourth-order valence-electron chi connectivity index (χ4n) is 2.55. The van der Waals surface area contributed by atoms with Crippen LogP contribution in [0.5, 0.6) is 11.5 Å². The Bertz CT molecular complexity index is 1140. The van der Waals surface area contributed by atoms with Crippen LogP contribution in [0.1, 0.15) is 11.3 Å². The standard InChI is InChI=1S/C20H15BrN4O2S/c21-14-10-17(27-16-6-2-1-3-7-16)18(23-11-14)25-20-24-15(12-28-20)9-13-5-4-8-22-19(13)26/h1-8,10-12H,9H2,(H,22,26)(H,23,24,25). The summed E-state index contributed by atoms with van der Waals surface area (Å²) in [5.41, 5.74) is 1.39. The van der Waals surface area contributed by atoms with Gasteiger partial charge in [0.2, 0.25) is 0 Å². The van der Waals surface area contributed by atoms with E-state index < -0.39 is 0 Å². The highest BCUT2D eigenvalue weighted by molar-refractivity contribution is 9.10. The molecule has 3 aromatic heterocycles. The molecule has 0 aliphatic carbocycles. The molecule has 0 aliphatic heterocycles. The number of nitrogens with zero attached hydrogens (tertiary/aromatic N) is 2. The normalized spacial score (nSPS) is 10.6. The summed E-state index contributed by atoms with van der Waals surface area (Å²) in [4.78, 5) is 23.5. The van der Waals surface area contributed by atoms with Crippen LogP contribution in [0.2, 0.25) is 0 Å². The Morgan fingerprint density at radius 1 is 1.18 bits per heavy atom. The van der Waals surface area contributed by atoms with Gasteiger partial charge in [0, 0.05) is 40.3 Å². The second-order valence-electron chi connectivity index (χ2n) is 5.89. The number of pyridine rings is 2. The minimum Gasteiger partial charge on any atom is -0.453 e. The molecular formula is C20H15BrN4O2S. The largest absolute Gasteiger partial charge is 0.453 e. The lowest BCUT2D eigenvalue weighted by atomic mass is 10.2. The molecule has 8 heteroatoms. The zero-order chi connectivity index (χ0) is 19.3. The van der Waals surface area contributed by atoms with Crippen LogP contribution in [0.3, 0.4) is 0 Å². The summed E-state index contributed by atoms with van der Waals surface area (Å²) in [5.74, 6) is 1.86. The second-order valence-corrected chi connectivity index (χ2v) is 7.66. The summed E-state index contributed by atoms with van der Waals surface area (Å²) in [6, 6.07) is 15.0. The van der Waals surface area contributed by atoms with E-state index >= 15 is 0 Å². The first-order valence-corrected chi connectivity index (χ1v) is 10.1. The number of benzene rings is 1. The Hall–Kier alpha value is -2.97. The fourth-order valence-corrected chi connectivity index (χ4v) is 3.57. The van der Waals surface area contributed by atoms with E-state index in [1.807, 2.05) is 41.8 Å². The van der Waals surface area contributed by atoms with Crippen molar-refractivity contribution in [3.05, 3.63) is 92.4 Å². The molecule has 0 saturated heterocycles. The topological polar surface area (TPSA) is 79.9 Å². The van der Waals surface area contributed by atoms with Crippen molar-refractivity contribution < 1.29 is 4.74 Å². The van der Waals surface area contributed by atoms with Gasteiger partial charge in [-0.05, 0) is 34.1 Å². The first-order valence-electron chi connectivity index (χ1n) is 8.44. The van der Waals surface area contributed by atoms with Crippen molar-refractivity contribution in [2.24, 2.45) is 0 Å². The number of hydrogen-bond acceptors (Lipinski definition) is 6. The number of para-hydroxylation sites is 1. The third-order valence-electron chi connectivity index (χ3n) is 3.84. The van der Waals surface area contributed by atoms with E-state index in [4.69, 9.17) is 4.74 Å². The molecule has 4 aromatic rings. The lowest BCUT2D eigenvalue weighted by Gasteiger charge is -2.11. The molecule has 0 unspecified atom stereocenters. The summed E-state index contributed by atoms with van der Waals surface area (Å²) in [7, 11) is 0. The van der Waals surface area contributed by atoms with Gasteiger partial charge in [0.05, 0.1) is 5.69 Å². The van der Waals surface area contributed by atoms with E-state index in [1.165, 1.54) is 11.3 Å². The first-order chi connectivity index (χ1) is 13.7. The van der Waals surface area contributed by atoms with Crippen molar-refractivity contribution >= 4 is 38.2 Å². The lowest BCUT2D eigenvalue weighted by molar-refractivity contribution is 0.482. The van der Waals surface area contributed by atoms with Gasteiger partial charge < -0.3 is 15.0 Å². The number of aromatic nitrogens is 3. The molecule has 4 rings (SSSR count). The smallest absolute Gasteiger partial charge is 0.251 e. The van der Waals surface area contributed by atoms with E-state index in [9.17, 15) is 4.79 Å². The van der Waals surface area contributed by atoms with E-state index in [0.29, 0.717) is 34.4 Å². The maximum atomic E-state index is 11.8. The van der Waals surface area contributed by atoms with Crippen LogP contribution in [-0.2, 0) is 6.42 Å². The van der Waals surface area contributed by atoms with Crippen LogP contribution in [0.4, 0.5) is 10.9 Å². The SMILES string of the molecule is O=c1[nH]cccc1Cc1csc(Nc2ncc(Br)cc2Oc2ccccc2)n1. The van der Waals surface area contributed by atoms with Crippen LogP contribution in [0.15, 0.2) is 75.6 Å². The summed E-state index contributed by atoms with van der Waals surface area (Å²) in [6.45, 7) is 0. The van der Waals surface area contributed by atoms with Crippen molar-refractivity contribution in [3.63, 3.8) is 0 Å². The molecule has 0 bridgehead atoms. The predicted octanol–water partition coefficient (Wildman–Crippen LogP) is 5.12.